The first-order chi connectivity index (χ1) is 17.1. The second-order valence-electron chi connectivity index (χ2n) is 8.60. The quantitative estimate of drug-likeness (QED) is 0.308. The second kappa shape index (κ2) is 11.9. The van der Waals surface area contributed by atoms with Crippen molar-refractivity contribution in [1.82, 2.24) is 9.24 Å². The van der Waals surface area contributed by atoms with Crippen LogP contribution in [-0.4, -0.2) is 38.5 Å². The van der Waals surface area contributed by atoms with Gasteiger partial charge in [-0.15, -0.1) is 0 Å². The Hall–Kier alpha value is -3.64. The number of alkyl halides is 2. The Morgan fingerprint density at radius 2 is 2.03 bits per heavy atom. The average molecular weight is 503 g/mol. The number of hydrogen-bond donors (Lipinski definition) is 3. The summed E-state index contributed by atoms with van der Waals surface area (Å²) in [6, 6.07) is 7.26. The molecule has 0 saturated heterocycles. The first kappa shape index (κ1) is 27.0. The van der Waals surface area contributed by atoms with Gasteiger partial charge in [0.25, 0.3) is 17.7 Å². The number of aliphatic hydroxyl groups is 2. The fraction of sp³-hybridized carbons (Fsp3) is 0.385. The van der Waals surface area contributed by atoms with Crippen LogP contribution in [0.25, 0.3) is 0 Å². The highest BCUT2D eigenvalue weighted by Gasteiger charge is 2.41. The maximum Gasteiger partial charge on any atom is 0.357 e. The van der Waals surface area contributed by atoms with Crippen molar-refractivity contribution in [3.8, 4) is 11.8 Å². The molecule has 2 atom stereocenters. The number of nitrogens with zero attached hydrogens (tertiary/aromatic N) is 2. The van der Waals surface area contributed by atoms with E-state index in [1.165, 1.54) is 0 Å². The van der Waals surface area contributed by atoms with E-state index in [1.54, 1.807) is 31.2 Å². The van der Waals surface area contributed by atoms with Crippen LogP contribution in [0.3, 0.4) is 0 Å². The van der Waals surface area contributed by atoms with Crippen LogP contribution in [-0.2, 0) is 11.3 Å². The first-order valence-corrected chi connectivity index (χ1v) is 11.5. The lowest BCUT2D eigenvalue weighted by Crippen LogP contribution is -2.39. The number of hydrogen-bond acceptors (Lipinski definition) is 4. The number of halogens is 3. The molecule has 0 saturated carbocycles. The zero-order valence-electron chi connectivity index (χ0n) is 19.8. The van der Waals surface area contributed by atoms with Gasteiger partial charge in [-0.05, 0) is 18.6 Å². The van der Waals surface area contributed by atoms with Crippen molar-refractivity contribution in [2.45, 2.75) is 52.4 Å². The van der Waals surface area contributed by atoms with Crippen molar-refractivity contribution < 1.29 is 28.2 Å². The number of amides is 1. The molecule has 1 aromatic carbocycles. The number of rotatable bonds is 7. The van der Waals surface area contributed by atoms with E-state index in [4.69, 9.17) is 0 Å². The van der Waals surface area contributed by atoms with Gasteiger partial charge in [0, 0.05) is 36.2 Å². The summed E-state index contributed by atoms with van der Waals surface area (Å²) in [7, 11) is 0. The Kier molecular flexibility index (Phi) is 8.88. The van der Waals surface area contributed by atoms with Crippen molar-refractivity contribution in [3.05, 3.63) is 63.8 Å². The fourth-order valence-electron chi connectivity index (χ4n) is 4.13. The smallest absolute Gasteiger partial charge is 0.357 e. The standard InChI is InChI=1S/C26H26F3N3O4/c1-3-5-19-20(24(33)31-18-12-21(27)25(34)32(13-18)14-23(28)29)10-15(2)30-22(19)9-8-16-6-4-7-17(11-16)26(35)36/h4,6-7,11-13,19-20,23,26,35-36H,3,5,10,14H2,1-2H3/p+1. The van der Waals surface area contributed by atoms with Crippen LogP contribution in [0.1, 0.15) is 50.5 Å². The number of benzene rings is 1. The van der Waals surface area contributed by atoms with Crippen LogP contribution in [0, 0.1) is 29.5 Å². The summed E-state index contributed by atoms with van der Waals surface area (Å²) in [5.74, 6) is 3.31. The molecule has 2 heterocycles. The van der Waals surface area contributed by atoms with E-state index in [-0.39, 0.29) is 17.2 Å². The van der Waals surface area contributed by atoms with Crippen molar-refractivity contribution in [1.29, 1.82) is 0 Å². The van der Waals surface area contributed by atoms with E-state index < -0.39 is 42.5 Å². The van der Waals surface area contributed by atoms with Crippen LogP contribution in [0.4, 0.5) is 18.9 Å². The van der Waals surface area contributed by atoms with E-state index in [1.807, 2.05) is 6.92 Å². The molecule has 1 aliphatic heterocycles. The van der Waals surface area contributed by atoms with E-state index >= 15 is 0 Å². The summed E-state index contributed by atoms with van der Waals surface area (Å²) in [6.45, 7) is 2.72. The van der Waals surface area contributed by atoms with Crippen molar-refractivity contribution in [2.24, 2.45) is 11.8 Å². The molecule has 3 rings (SSSR count). The highest BCUT2D eigenvalue weighted by molar-refractivity contribution is 6.10. The number of pyridine rings is 1. The zero-order valence-corrected chi connectivity index (χ0v) is 19.8. The number of aromatic nitrogens is 1. The summed E-state index contributed by atoms with van der Waals surface area (Å²) >= 11 is 0. The minimum absolute atomic E-state index is 0.0971. The van der Waals surface area contributed by atoms with Gasteiger partial charge in [0.1, 0.15) is 0 Å². The Morgan fingerprint density at radius 3 is 2.69 bits per heavy atom. The van der Waals surface area contributed by atoms with Crippen molar-refractivity contribution in [3.63, 3.8) is 0 Å². The molecular weight excluding hydrogens is 475 g/mol. The predicted molar refractivity (Wildman–Crippen MR) is 130 cm³/mol. The van der Waals surface area contributed by atoms with E-state index in [2.05, 4.69) is 21.8 Å². The lowest BCUT2D eigenvalue weighted by Gasteiger charge is -2.22. The third kappa shape index (κ3) is 6.73. The first-order valence-electron chi connectivity index (χ1n) is 11.5. The zero-order chi connectivity index (χ0) is 26.4. The normalized spacial score (nSPS) is 17.4. The molecule has 190 valence electrons. The van der Waals surface area contributed by atoms with Crippen LogP contribution in [0.15, 0.2) is 41.3 Å². The van der Waals surface area contributed by atoms with Gasteiger partial charge >= 0.3 is 5.71 Å². The third-order valence-electron chi connectivity index (χ3n) is 5.76. The molecule has 2 unspecified atom stereocenters. The monoisotopic (exact) mass is 502 g/mol. The van der Waals surface area contributed by atoms with Gasteiger partial charge in [-0.1, -0.05) is 36.1 Å². The van der Waals surface area contributed by atoms with Gasteiger partial charge in [-0.3, -0.25) is 9.59 Å². The second-order valence-corrected chi connectivity index (χ2v) is 8.60. The highest BCUT2D eigenvalue weighted by Crippen LogP contribution is 2.26. The Balaban J connectivity index is 1.89. The number of carbonyl (C=O) groups excluding carboxylic acids is 1. The van der Waals surface area contributed by atoms with Crippen LogP contribution >= 0.6 is 0 Å². The van der Waals surface area contributed by atoms with Crippen molar-refractivity contribution >= 4 is 23.0 Å². The van der Waals surface area contributed by atoms with Gasteiger partial charge in [0.15, 0.2) is 12.1 Å². The summed E-state index contributed by atoms with van der Waals surface area (Å²) in [5.41, 5.74) is 0.698. The minimum atomic E-state index is -2.86. The number of anilines is 1. The van der Waals surface area contributed by atoms with E-state index in [9.17, 15) is 33.0 Å². The van der Waals surface area contributed by atoms with Gasteiger partial charge < -0.3 is 20.1 Å². The lowest BCUT2D eigenvalue weighted by molar-refractivity contribution is -0.120. The number of aliphatic hydroxyl groups excluding tert-OH is 1. The molecule has 0 fully saturated rings. The predicted octanol–water partition coefficient (Wildman–Crippen LogP) is 2.63. The molecule has 0 spiro atoms. The molecule has 3 N–H and O–H groups in total. The number of nitrogens with one attached hydrogen (secondary N) is 1. The topological polar surface area (TPSA) is 106 Å². The van der Waals surface area contributed by atoms with Crippen LogP contribution in [0.5, 0.6) is 0 Å². The molecule has 1 amide bonds. The SMILES string of the molecule is CCCC1C(C#Cc2cccc(C(O)O)c2)=[N+]=C(C)CC1C(=O)Nc1cc(F)c(=O)n(CC(F)F)c1. The van der Waals surface area contributed by atoms with Gasteiger partial charge in [0.05, 0.1) is 30.5 Å². The molecule has 10 heteroatoms. The summed E-state index contributed by atoms with van der Waals surface area (Å²) < 4.78 is 44.7. The average Bonchev–Trinajstić information content (AvgIpc) is 2.82. The number of carbonyl (C=O) groups is 1. The van der Waals surface area contributed by atoms with Gasteiger partial charge in [0.2, 0.25) is 5.91 Å². The Labute approximate surface area is 206 Å². The highest BCUT2D eigenvalue weighted by atomic mass is 19.3. The summed E-state index contributed by atoms with van der Waals surface area (Å²) in [5, 5.41) is 21.3. The van der Waals surface area contributed by atoms with Crippen LogP contribution < -0.4 is 15.5 Å². The molecule has 2 aromatic rings. The maximum atomic E-state index is 14.0. The molecule has 36 heavy (non-hydrogen) atoms. The summed E-state index contributed by atoms with van der Waals surface area (Å²) in [6.07, 6.45) is -1.85. The van der Waals surface area contributed by atoms with Gasteiger partial charge in [-0.2, -0.15) is 0 Å². The molecule has 0 radical (unpaired) electrons. The Morgan fingerprint density at radius 1 is 1.28 bits per heavy atom. The van der Waals surface area contributed by atoms with Crippen molar-refractivity contribution in [2.75, 3.05) is 5.32 Å². The van der Waals surface area contributed by atoms with E-state index in [0.29, 0.717) is 34.4 Å². The molecule has 0 aliphatic carbocycles. The Bertz CT molecular complexity index is 1320. The molecule has 1 aromatic heterocycles. The van der Waals surface area contributed by atoms with Crippen LogP contribution in [0.2, 0.25) is 0 Å². The molecule has 7 nitrogen and oxygen atoms in total. The minimum Gasteiger partial charge on any atom is -0.364 e. The largest absolute Gasteiger partial charge is 0.364 e. The third-order valence-corrected chi connectivity index (χ3v) is 5.76. The van der Waals surface area contributed by atoms with Gasteiger partial charge in [-0.25, -0.2) is 13.2 Å². The molecule has 0 bridgehead atoms. The summed E-state index contributed by atoms with van der Waals surface area (Å²) in [4.78, 5) is 25.0. The lowest BCUT2D eigenvalue weighted by atomic mass is 9.79. The molecule has 1 aliphatic rings. The molecular formula is C26H27F3N3O4+. The maximum absolute atomic E-state index is 14.0. The van der Waals surface area contributed by atoms with E-state index in [0.717, 1.165) is 18.7 Å². The fourth-order valence-corrected chi connectivity index (χ4v) is 4.13.